The van der Waals surface area contributed by atoms with Crippen molar-refractivity contribution in [3.8, 4) is 5.75 Å². The first-order chi connectivity index (χ1) is 10.7. The van der Waals surface area contributed by atoms with E-state index in [1.165, 1.54) is 0 Å². The Labute approximate surface area is 140 Å². The molecule has 2 aliphatic heterocycles. The second-order valence-corrected chi connectivity index (χ2v) is 7.51. The minimum atomic E-state index is -0.989. The van der Waals surface area contributed by atoms with Crippen molar-refractivity contribution in [2.45, 2.75) is 32.9 Å². The van der Waals surface area contributed by atoms with E-state index in [0.717, 1.165) is 11.3 Å². The van der Waals surface area contributed by atoms with E-state index < -0.39 is 17.0 Å². The number of nitrogens with one attached hydrogen (secondary N) is 2. The molecule has 6 nitrogen and oxygen atoms in total. The lowest BCUT2D eigenvalue weighted by Gasteiger charge is -2.43. The van der Waals surface area contributed by atoms with E-state index >= 15 is 0 Å². The molecular formula is C16H20ClN3O3. The summed E-state index contributed by atoms with van der Waals surface area (Å²) >= 11 is 5.97. The van der Waals surface area contributed by atoms with Crippen molar-refractivity contribution in [2.75, 3.05) is 13.3 Å². The van der Waals surface area contributed by atoms with Gasteiger partial charge < -0.3 is 10.1 Å². The summed E-state index contributed by atoms with van der Waals surface area (Å²) < 4.78 is 5.74. The van der Waals surface area contributed by atoms with E-state index in [1.807, 2.05) is 37.8 Å². The Bertz CT molecular complexity index is 671. The normalized spacial score (nSPS) is 24.7. The fourth-order valence-corrected chi connectivity index (χ4v) is 3.21. The summed E-state index contributed by atoms with van der Waals surface area (Å²) in [5, 5.41) is 5.81. The first kappa shape index (κ1) is 16.1. The number of ether oxygens (including phenoxy) is 1. The minimum absolute atomic E-state index is 0.295. The fraction of sp³-hybridized carbons (Fsp3) is 0.500. The average Bonchev–Trinajstić information content (AvgIpc) is 2.74. The summed E-state index contributed by atoms with van der Waals surface area (Å²) in [5.74, 6) is 0.468. The van der Waals surface area contributed by atoms with Crippen molar-refractivity contribution < 1.29 is 14.3 Å². The number of carbonyl (C=O) groups is 2. The number of amides is 3. The second-order valence-electron chi connectivity index (χ2n) is 7.08. The highest BCUT2D eigenvalue weighted by molar-refractivity contribution is 6.30. The molecule has 2 N–H and O–H groups in total. The van der Waals surface area contributed by atoms with Crippen LogP contribution in [0.3, 0.4) is 0 Å². The zero-order chi connectivity index (χ0) is 16.8. The average molecular weight is 338 g/mol. The van der Waals surface area contributed by atoms with E-state index in [-0.39, 0.29) is 5.91 Å². The largest absolute Gasteiger partial charge is 0.478 e. The summed E-state index contributed by atoms with van der Waals surface area (Å²) in [5.41, 5.74) is -0.421. The molecule has 7 heteroatoms. The van der Waals surface area contributed by atoms with Gasteiger partial charge in [-0.1, -0.05) is 38.4 Å². The summed E-state index contributed by atoms with van der Waals surface area (Å²) in [6.45, 7) is 7.17. The smallest absolute Gasteiger partial charge is 0.322 e. The van der Waals surface area contributed by atoms with Crippen LogP contribution in [0, 0.1) is 5.41 Å². The molecule has 23 heavy (non-hydrogen) atoms. The van der Waals surface area contributed by atoms with Crippen molar-refractivity contribution in [3.63, 3.8) is 0 Å². The van der Waals surface area contributed by atoms with Crippen molar-refractivity contribution in [1.29, 1.82) is 0 Å². The zero-order valence-electron chi connectivity index (χ0n) is 13.4. The van der Waals surface area contributed by atoms with Gasteiger partial charge in [-0.2, -0.15) is 0 Å². The molecule has 3 rings (SSSR count). The van der Waals surface area contributed by atoms with E-state index in [0.29, 0.717) is 24.8 Å². The van der Waals surface area contributed by atoms with E-state index in [1.54, 1.807) is 6.07 Å². The lowest BCUT2D eigenvalue weighted by Crippen LogP contribution is -2.63. The van der Waals surface area contributed by atoms with Crippen LogP contribution < -0.4 is 15.4 Å². The lowest BCUT2D eigenvalue weighted by atomic mass is 9.73. The predicted octanol–water partition coefficient (Wildman–Crippen LogP) is 2.12. The second kappa shape index (κ2) is 5.39. The Morgan fingerprint density at radius 1 is 1.35 bits per heavy atom. The van der Waals surface area contributed by atoms with Gasteiger partial charge in [0.05, 0.1) is 0 Å². The van der Waals surface area contributed by atoms with Crippen molar-refractivity contribution >= 4 is 23.5 Å². The van der Waals surface area contributed by atoms with Crippen LogP contribution in [0.2, 0.25) is 5.02 Å². The summed E-state index contributed by atoms with van der Waals surface area (Å²) in [4.78, 5) is 26.1. The predicted molar refractivity (Wildman–Crippen MR) is 86.2 cm³/mol. The van der Waals surface area contributed by atoms with Crippen LogP contribution in [0.4, 0.5) is 4.79 Å². The number of benzene rings is 1. The Balaban J connectivity index is 1.84. The minimum Gasteiger partial charge on any atom is -0.478 e. The number of hydrogen-bond acceptors (Lipinski definition) is 4. The number of imide groups is 1. The van der Waals surface area contributed by atoms with Gasteiger partial charge in [0.15, 0.2) is 0 Å². The van der Waals surface area contributed by atoms with Crippen molar-refractivity contribution in [3.05, 3.63) is 28.8 Å². The monoisotopic (exact) mass is 337 g/mol. The quantitative estimate of drug-likeness (QED) is 0.811. The summed E-state index contributed by atoms with van der Waals surface area (Å²) in [6.07, 6.45) is 0. The SMILES string of the molecule is CC(C)(C)C1(CN2COc3cc(Cl)ccc3C2)NC(=O)NC1=O. The Morgan fingerprint density at radius 3 is 2.70 bits per heavy atom. The third-order valence-electron chi connectivity index (χ3n) is 4.51. The first-order valence-corrected chi connectivity index (χ1v) is 7.86. The van der Waals surface area contributed by atoms with Gasteiger partial charge in [0.1, 0.15) is 18.0 Å². The molecule has 1 saturated heterocycles. The van der Waals surface area contributed by atoms with Gasteiger partial charge in [0.2, 0.25) is 0 Å². The maximum atomic E-state index is 12.4. The molecule has 2 heterocycles. The van der Waals surface area contributed by atoms with E-state index in [2.05, 4.69) is 10.6 Å². The molecule has 0 bridgehead atoms. The van der Waals surface area contributed by atoms with Crippen LogP contribution in [-0.4, -0.2) is 35.7 Å². The molecular weight excluding hydrogens is 318 g/mol. The Morgan fingerprint density at radius 2 is 2.09 bits per heavy atom. The van der Waals surface area contributed by atoms with Crippen molar-refractivity contribution in [2.24, 2.45) is 5.41 Å². The standard InChI is InChI=1S/C16H20ClN3O3/c1-15(2,3)16(13(21)18-14(22)19-16)8-20-7-10-4-5-11(17)6-12(10)23-9-20/h4-6H,7-9H2,1-3H3,(H2,18,19,21,22). The van der Waals surface area contributed by atoms with Gasteiger partial charge in [-0.3, -0.25) is 15.0 Å². The molecule has 0 radical (unpaired) electrons. The highest BCUT2D eigenvalue weighted by Gasteiger charge is 2.55. The molecule has 0 aromatic heterocycles. The molecule has 0 spiro atoms. The Hall–Kier alpha value is -1.79. The topological polar surface area (TPSA) is 70.7 Å². The third-order valence-corrected chi connectivity index (χ3v) is 4.74. The van der Waals surface area contributed by atoms with Crippen LogP contribution in [0.15, 0.2) is 18.2 Å². The molecule has 0 saturated carbocycles. The molecule has 1 aromatic rings. The van der Waals surface area contributed by atoms with Gasteiger partial charge in [-0.15, -0.1) is 0 Å². The van der Waals surface area contributed by atoms with Gasteiger partial charge in [-0.05, 0) is 17.5 Å². The highest BCUT2D eigenvalue weighted by Crippen LogP contribution is 2.36. The third kappa shape index (κ3) is 2.77. The number of nitrogens with zero attached hydrogens (tertiary/aromatic N) is 1. The molecule has 0 aliphatic carbocycles. The number of rotatable bonds is 2. The molecule has 1 unspecified atom stereocenters. The number of hydrogen-bond donors (Lipinski definition) is 2. The lowest BCUT2D eigenvalue weighted by molar-refractivity contribution is -0.129. The fourth-order valence-electron chi connectivity index (χ4n) is 3.05. The molecule has 124 valence electrons. The summed E-state index contributed by atoms with van der Waals surface area (Å²) in [7, 11) is 0. The number of fused-ring (bicyclic) bond motifs is 1. The van der Waals surface area contributed by atoms with Crippen molar-refractivity contribution in [1.82, 2.24) is 15.5 Å². The van der Waals surface area contributed by atoms with Gasteiger partial charge in [0, 0.05) is 23.7 Å². The maximum Gasteiger partial charge on any atom is 0.322 e. The number of urea groups is 1. The molecule has 3 amide bonds. The van der Waals surface area contributed by atoms with Crippen LogP contribution in [0.1, 0.15) is 26.3 Å². The summed E-state index contributed by atoms with van der Waals surface area (Å²) in [6, 6.07) is 5.07. The van der Waals surface area contributed by atoms with Crippen LogP contribution in [0.5, 0.6) is 5.75 Å². The number of carbonyl (C=O) groups excluding carboxylic acids is 2. The van der Waals surface area contributed by atoms with Gasteiger partial charge >= 0.3 is 6.03 Å². The molecule has 1 fully saturated rings. The van der Waals surface area contributed by atoms with E-state index in [9.17, 15) is 9.59 Å². The molecule has 1 atom stereocenters. The molecule has 2 aliphatic rings. The van der Waals surface area contributed by atoms with Crippen LogP contribution >= 0.6 is 11.6 Å². The van der Waals surface area contributed by atoms with E-state index in [4.69, 9.17) is 16.3 Å². The first-order valence-electron chi connectivity index (χ1n) is 7.48. The zero-order valence-corrected chi connectivity index (χ0v) is 14.2. The van der Waals surface area contributed by atoms with Crippen LogP contribution in [-0.2, 0) is 11.3 Å². The number of halogens is 1. The van der Waals surface area contributed by atoms with Gasteiger partial charge in [-0.25, -0.2) is 4.79 Å². The van der Waals surface area contributed by atoms with Gasteiger partial charge in [0.25, 0.3) is 5.91 Å². The maximum absolute atomic E-state index is 12.4. The van der Waals surface area contributed by atoms with Crippen LogP contribution in [0.25, 0.3) is 0 Å². The Kier molecular flexibility index (Phi) is 3.77. The molecule has 1 aromatic carbocycles. The highest BCUT2D eigenvalue weighted by atomic mass is 35.5.